The Kier molecular flexibility index (Phi) is 6.88. The molecule has 0 bridgehead atoms. The van der Waals surface area contributed by atoms with E-state index >= 15 is 0 Å². The molecule has 1 N–H and O–H groups in total. The molecule has 2 aliphatic heterocycles. The first-order valence-electron chi connectivity index (χ1n) is 11.0. The molecule has 2 heterocycles. The molecule has 30 heavy (non-hydrogen) atoms. The van der Waals surface area contributed by atoms with E-state index in [1.54, 1.807) is 11.8 Å². The van der Waals surface area contributed by atoms with Crippen LogP contribution in [0.5, 0.6) is 0 Å². The van der Waals surface area contributed by atoms with Gasteiger partial charge in [-0.1, -0.05) is 45.0 Å². The molecule has 1 aromatic rings. The smallest absolute Gasteiger partial charge is 0.329 e. The number of amides is 1. The maximum absolute atomic E-state index is 13.7. The molecular formula is C24H35NO5. The molecule has 5 atom stereocenters. The summed E-state index contributed by atoms with van der Waals surface area (Å²) in [7, 11) is 0. The fourth-order valence-electron chi connectivity index (χ4n) is 5.00. The van der Waals surface area contributed by atoms with Crippen LogP contribution in [0.3, 0.4) is 0 Å². The molecule has 6 nitrogen and oxygen atoms in total. The maximum atomic E-state index is 13.7. The summed E-state index contributed by atoms with van der Waals surface area (Å²) >= 11 is 0. The van der Waals surface area contributed by atoms with Crippen LogP contribution in [0.2, 0.25) is 0 Å². The third-order valence-corrected chi connectivity index (χ3v) is 6.38. The van der Waals surface area contributed by atoms with Gasteiger partial charge in [0.15, 0.2) is 0 Å². The lowest BCUT2D eigenvalue weighted by Gasteiger charge is -2.36. The number of esters is 1. The Balaban J connectivity index is 2.13. The Morgan fingerprint density at radius 2 is 1.93 bits per heavy atom. The first kappa shape index (κ1) is 22.8. The summed E-state index contributed by atoms with van der Waals surface area (Å²) in [5.41, 5.74) is 1.41. The minimum absolute atomic E-state index is 0.222. The number of aliphatic hydroxyl groups excluding tert-OH is 1. The molecule has 2 aliphatic rings. The van der Waals surface area contributed by atoms with Gasteiger partial charge in [0, 0.05) is 12.5 Å². The van der Waals surface area contributed by atoms with Crippen molar-refractivity contribution in [1.29, 1.82) is 0 Å². The lowest BCUT2D eigenvalue weighted by Crippen LogP contribution is -2.51. The van der Waals surface area contributed by atoms with Crippen LogP contribution in [-0.4, -0.2) is 53.3 Å². The molecule has 0 aliphatic carbocycles. The molecular weight excluding hydrogens is 382 g/mol. The zero-order valence-corrected chi connectivity index (χ0v) is 18.8. The van der Waals surface area contributed by atoms with Crippen molar-refractivity contribution in [2.45, 2.75) is 78.2 Å². The van der Waals surface area contributed by atoms with Gasteiger partial charge in [-0.2, -0.15) is 0 Å². The number of likely N-dealkylation sites (tertiary alicyclic amines) is 1. The Hall–Kier alpha value is -1.92. The predicted molar refractivity (Wildman–Crippen MR) is 114 cm³/mol. The molecule has 0 radical (unpaired) electrons. The Morgan fingerprint density at radius 3 is 2.50 bits per heavy atom. The summed E-state index contributed by atoms with van der Waals surface area (Å²) in [5, 5.41) is 11.5. The van der Waals surface area contributed by atoms with E-state index < -0.39 is 41.6 Å². The van der Waals surface area contributed by atoms with Crippen molar-refractivity contribution in [3.63, 3.8) is 0 Å². The normalized spacial score (nSPS) is 29.7. The van der Waals surface area contributed by atoms with Crippen molar-refractivity contribution in [3.05, 3.63) is 35.4 Å². The topological polar surface area (TPSA) is 76.1 Å². The summed E-state index contributed by atoms with van der Waals surface area (Å²) < 4.78 is 11.2. The molecule has 166 valence electrons. The first-order valence-corrected chi connectivity index (χ1v) is 11.0. The monoisotopic (exact) mass is 417 g/mol. The number of benzene rings is 1. The van der Waals surface area contributed by atoms with Gasteiger partial charge in [-0.3, -0.25) is 4.79 Å². The van der Waals surface area contributed by atoms with Gasteiger partial charge in [0.25, 0.3) is 5.91 Å². The van der Waals surface area contributed by atoms with Crippen LogP contribution in [0.15, 0.2) is 24.3 Å². The van der Waals surface area contributed by atoms with Gasteiger partial charge in [0.1, 0.15) is 12.1 Å². The number of aliphatic hydroxyl groups is 1. The van der Waals surface area contributed by atoms with Gasteiger partial charge in [0.05, 0.1) is 18.8 Å². The van der Waals surface area contributed by atoms with Gasteiger partial charge in [-0.15, -0.1) is 0 Å². The Bertz CT molecular complexity index is 765. The molecule has 0 aromatic heterocycles. The summed E-state index contributed by atoms with van der Waals surface area (Å²) in [6, 6.07) is 6.24. The van der Waals surface area contributed by atoms with Gasteiger partial charge in [-0.25, -0.2) is 4.79 Å². The first-order chi connectivity index (χ1) is 14.2. The van der Waals surface area contributed by atoms with E-state index in [1.165, 1.54) is 0 Å². The van der Waals surface area contributed by atoms with Crippen LogP contribution in [0, 0.1) is 18.3 Å². The molecule has 1 amide bonds. The van der Waals surface area contributed by atoms with Crippen LogP contribution in [-0.2, 0) is 19.1 Å². The van der Waals surface area contributed by atoms with E-state index in [-0.39, 0.29) is 12.5 Å². The van der Waals surface area contributed by atoms with Gasteiger partial charge < -0.3 is 19.5 Å². The molecule has 0 saturated carbocycles. The quantitative estimate of drug-likeness (QED) is 0.760. The summed E-state index contributed by atoms with van der Waals surface area (Å²) in [5.74, 6) is -1.16. The molecule has 2 saturated heterocycles. The van der Waals surface area contributed by atoms with Crippen molar-refractivity contribution >= 4 is 11.9 Å². The van der Waals surface area contributed by atoms with Crippen molar-refractivity contribution in [2.24, 2.45) is 11.3 Å². The van der Waals surface area contributed by atoms with Crippen LogP contribution < -0.4 is 0 Å². The lowest BCUT2D eigenvalue weighted by atomic mass is 9.73. The maximum Gasteiger partial charge on any atom is 0.329 e. The number of rotatable bonds is 4. The second-order valence-electron chi connectivity index (χ2n) is 9.48. The van der Waals surface area contributed by atoms with Crippen molar-refractivity contribution in [3.8, 4) is 0 Å². The number of ether oxygens (including phenoxy) is 2. The van der Waals surface area contributed by atoms with E-state index in [9.17, 15) is 14.7 Å². The van der Waals surface area contributed by atoms with Crippen LogP contribution in [0.4, 0.5) is 0 Å². The van der Waals surface area contributed by atoms with E-state index in [2.05, 4.69) is 0 Å². The molecule has 3 rings (SSSR count). The predicted octanol–water partition coefficient (Wildman–Crippen LogP) is 3.40. The molecule has 6 heteroatoms. The van der Waals surface area contributed by atoms with E-state index in [4.69, 9.17) is 9.47 Å². The Morgan fingerprint density at radius 1 is 1.23 bits per heavy atom. The highest BCUT2D eigenvalue weighted by Crippen LogP contribution is 2.49. The summed E-state index contributed by atoms with van der Waals surface area (Å²) in [4.78, 5) is 28.4. The second kappa shape index (κ2) is 9.06. The molecule has 0 spiro atoms. The van der Waals surface area contributed by atoms with Crippen LogP contribution >= 0.6 is 0 Å². The highest BCUT2D eigenvalue weighted by molar-refractivity contribution is 5.89. The van der Waals surface area contributed by atoms with Crippen LogP contribution in [0.1, 0.15) is 64.1 Å². The van der Waals surface area contributed by atoms with Gasteiger partial charge in [0.2, 0.25) is 0 Å². The molecule has 1 aromatic carbocycles. The number of carbonyl (C=O) groups excluding carboxylic acids is 2. The highest BCUT2D eigenvalue weighted by Gasteiger charge is 2.59. The van der Waals surface area contributed by atoms with Crippen LogP contribution in [0.25, 0.3) is 0 Å². The lowest BCUT2D eigenvalue weighted by molar-refractivity contribution is -0.162. The number of aryl methyl sites for hydroxylation is 1. The fraction of sp³-hybridized carbons (Fsp3) is 0.667. The number of nitrogens with zero attached hydrogens (tertiary/aromatic N) is 1. The standard InChI is InChI=1S/C24H35NO5/c1-6-29-23(28)20-18(24(3,4)5)21(26)19(16-12-8-7-11-15(16)2)25(20)22(27)17-13-9-10-14-30-17/h7-8,11-12,17-21,26H,6,9-10,13-14H2,1-5H3/t17-,18-,19-,20-,21-/m0/s1. The number of carbonyl (C=O) groups is 2. The second-order valence-corrected chi connectivity index (χ2v) is 9.48. The highest BCUT2D eigenvalue weighted by atomic mass is 16.5. The number of hydrogen-bond acceptors (Lipinski definition) is 5. The molecule has 2 fully saturated rings. The minimum atomic E-state index is -0.895. The minimum Gasteiger partial charge on any atom is -0.464 e. The van der Waals surface area contributed by atoms with Crippen molar-refractivity contribution in [1.82, 2.24) is 4.90 Å². The summed E-state index contributed by atoms with van der Waals surface area (Å²) in [6.07, 6.45) is 0.983. The largest absolute Gasteiger partial charge is 0.464 e. The molecule has 0 unspecified atom stereocenters. The van der Waals surface area contributed by atoms with Gasteiger partial charge >= 0.3 is 5.97 Å². The zero-order valence-electron chi connectivity index (χ0n) is 18.8. The third-order valence-electron chi connectivity index (χ3n) is 6.38. The number of hydrogen-bond donors (Lipinski definition) is 1. The van der Waals surface area contributed by atoms with Crippen molar-refractivity contribution in [2.75, 3.05) is 13.2 Å². The van der Waals surface area contributed by atoms with E-state index in [0.29, 0.717) is 13.0 Å². The SMILES string of the molecule is CCOC(=O)[C@@H]1[C@H](C(C)(C)C)[C@H](O)[C@H](c2ccccc2C)N1C(=O)[C@@H]1CCCCO1. The Labute approximate surface area is 179 Å². The van der Waals surface area contributed by atoms with E-state index in [0.717, 1.165) is 24.0 Å². The van der Waals surface area contributed by atoms with E-state index in [1.807, 2.05) is 52.0 Å². The summed E-state index contributed by atoms with van der Waals surface area (Å²) in [6.45, 7) is 10.5. The average Bonchev–Trinajstić information content (AvgIpc) is 3.02. The average molecular weight is 418 g/mol. The third kappa shape index (κ3) is 4.26. The van der Waals surface area contributed by atoms with Gasteiger partial charge in [-0.05, 0) is 49.7 Å². The fourth-order valence-corrected chi connectivity index (χ4v) is 5.00. The van der Waals surface area contributed by atoms with Crippen molar-refractivity contribution < 1.29 is 24.2 Å². The zero-order chi connectivity index (χ0) is 22.1.